The fourth-order valence-corrected chi connectivity index (χ4v) is 7.73. The molecule has 0 aliphatic heterocycles. The monoisotopic (exact) mass is 468 g/mol. The average Bonchev–Trinajstić information content (AvgIpc) is 3.16. The van der Waals surface area contributed by atoms with E-state index in [-0.39, 0.29) is 6.61 Å². The van der Waals surface area contributed by atoms with Crippen molar-refractivity contribution in [3.05, 3.63) is 65.3 Å². The predicted molar refractivity (Wildman–Crippen MR) is 137 cm³/mol. The summed E-state index contributed by atoms with van der Waals surface area (Å²) in [7, 11) is 0. The van der Waals surface area contributed by atoms with E-state index in [1.54, 1.807) is 5.57 Å². The standard InChI is InChI=1S/C29H40O3S/c1-19(18-33-25-10-6-21(17-30)7-11-25)26-12-13-27-22(5-4-14-29(26,27)3)8-9-23-15-24(31)16-28(32)20(23)2/h6-11,19,24,26-28,30-32H,2,4-5,12-18H2,1,3H3/b22-8+,23-9-/t19-,24+,26?,27?,28-,29+/m0/s1. The number of hydrogen-bond donors (Lipinski definition) is 3. The molecule has 0 heterocycles. The molecule has 0 saturated heterocycles. The third-order valence-corrected chi connectivity index (χ3v) is 9.91. The lowest BCUT2D eigenvalue weighted by molar-refractivity contribution is 0.0862. The van der Waals surface area contributed by atoms with Gasteiger partial charge in [0, 0.05) is 17.1 Å². The van der Waals surface area contributed by atoms with E-state index in [0.29, 0.717) is 30.1 Å². The topological polar surface area (TPSA) is 60.7 Å². The van der Waals surface area contributed by atoms with Gasteiger partial charge in [0.1, 0.15) is 0 Å². The van der Waals surface area contributed by atoms with Crippen LogP contribution < -0.4 is 0 Å². The quantitative estimate of drug-likeness (QED) is 0.445. The van der Waals surface area contributed by atoms with E-state index in [4.69, 9.17) is 0 Å². The Morgan fingerprint density at radius 2 is 1.94 bits per heavy atom. The van der Waals surface area contributed by atoms with Crippen LogP contribution in [0, 0.1) is 23.2 Å². The molecule has 4 heteroatoms. The van der Waals surface area contributed by atoms with Crippen LogP contribution in [-0.2, 0) is 6.61 Å². The maximum atomic E-state index is 10.2. The van der Waals surface area contributed by atoms with Crippen molar-refractivity contribution in [3.63, 3.8) is 0 Å². The summed E-state index contributed by atoms with van der Waals surface area (Å²) in [6.07, 6.45) is 10.6. The fourth-order valence-electron chi connectivity index (χ4n) is 6.71. The molecule has 0 aromatic heterocycles. The zero-order chi connectivity index (χ0) is 23.6. The minimum absolute atomic E-state index is 0.102. The number of rotatable bonds is 6. The predicted octanol–water partition coefficient (Wildman–Crippen LogP) is 6.05. The second-order valence-electron chi connectivity index (χ2n) is 10.8. The minimum Gasteiger partial charge on any atom is -0.393 e. The van der Waals surface area contributed by atoms with Crippen molar-refractivity contribution in [3.8, 4) is 0 Å². The van der Waals surface area contributed by atoms with Gasteiger partial charge in [0.25, 0.3) is 0 Å². The molecule has 0 amide bonds. The van der Waals surface area contributed by atoms with Crippen molar-refractivity contribution in [2.24, 2.45) is 23.2 Å². The Labute approximate surface area is 203 Å². The molecular weight excluding hydrogens is 428 g/mol. The minimum atomic E-state index is -0.621. The molecule has 1 aromatic carbocycles. The van der Waals surface area contributed by atoms with Gasteiger partial charge < -0.3 is 15.3 Å². The van der Waals surface area contributed by atoms with Gasteiger partial charge in [0.2, 0.25) is 0 Å². The Morgan fingerprint density at radius 3 is 2.67 bits per heavy atom. The molecule has 3 aliphatic carbocycles. The van der Waals surface area contributed by atoms with Crippen LogP contribution in [0.2, 0.25) is 0 Å². The lowest BCUT2D eigenvalue weighted by atomic mass is 9.61. The fraction of sp³-hybridized carbons (Fsp3) is 0.586. The normalized spacial score (nSPS) is 35.7. The molecule has 0 radical (unpaired) electrons. The van der Waals surface area contributed by atoms with Crippen molar-refractivity contribution in [1.82, 2.24) is 0 Å². The van der Waals surface area contributed by atoms with E-state index >= 15 is 0 Å². The smallest absolute Gasteiger partial charge is 0.0811 e. The highest BCUT2D eigenvalue weighted by atomic mass is 32.2. The van der Waals surface area contributed by atoms with Gasteiger partial charge in [-0.1, -0.05) is 50.3 Å². The maximum Gasteiger partial charge on any atom is 0.0811 e. The van der Waals surface area contributed by atoms with E-state index < -0.39 is 12.2 Å². The summed E-state index contributed by atoms with van der Waals surface area (Å²) < 4.78 is 0. The summed E-state index contributed by atoms with van der Waals surface area (Å²) in [6, 6.07) is 8.30. The summed E-state index contributed by atoms with van der Waals surface area (Å²) >= 11 is 1.94. The second-order valence-corrected chi connectivity index (χ2v) is 11.8. The van der Waals surface area contributed by atoms with Gasteiger partial charge in [0.15, 0.2) is 0 Å². The number of aliphatic hydroxyl groups is 3. The van der Waals surface area contributed by atoms with E-state index in [0.717, 1.165) is 34.8 Å². The van der Waals surface area contributed by atoms with Gasteiger partial charge in [-0.05, 0) is 90.5 Å². The Bertz CT molecular complexity index is 902. The zero-order valence-electron chi connectivity index (χ0n) is 20.2. The Balaban J connectivity index is 1.43. The van der Waals surface area contributed by atoms with Crippen LogP contribution in [0.5, 0.6) is 0 Å². The first-order valence-corrected chi connectivity index (χ1v) is 13.6. The van der Waals surface area contributed by atoms with Crippen LogP contribution >= 0.6 is 11.8 Å². The van der Waals surface area contributed by atoms with Crippen molar-refractivity contribution >= 4 is 11.8 Å². The number of thioether (sulfide) groups is 1. The second kappa shape index (κ2) is 10.5. The summed E-state index contributed by atoms with van der Waals surface area (Å²) in [4.78, 5) is 1.28. The van der Waals surface area contributed by atoms with Gasteiger partial charge in [0.05, 0.1) is 18.8 Å². The Hall–Kier alpha value is -1.33. The molecule has 3 fully saturated rings. The molecule has 0 spiro atoms. The largest absolute Gasteiger partial charge is 0.393 e. The number of aliphatic hydroxyl groups excluding tert-OH is 3. The van der Waals surface area contributed by atoms with Gasteiger partial charge >= 0.3 is 0 Å². The molecule has 6 atom stereocenters. The number of fused-ring (bicyclic) bond motifs is 1. The molecule has 3 saturated carbocycles. The zero-order valence-corrected chi connectivity index (χ0v) is 21.0. The van der Waals surface area contributed by atoms with E-state index in [1.807, 2.05) is 23.9 Å². The molecule has 3 N–H and O–H groups in total. The van der Waals surface area contributed by atoms with Gasteiger partial charge in [-0.3, -0.25) is 0 Å². The molecule has 180 valence electrons. The summed E-state index contributed by atoms with van der Waals surface area (Å²) in [5.41, 5.74) is 4.66. The highest BCUT2D eigenvalue weighted by Gasteiger charge is 2.50. The van der Waals surface area contributed by atoms with Crippen LogP contribution in [0.15, 0.2) is 64.6 Å². The number of hydrogen-bond acceptors (Lipinski definition) is 4. The van der Waals surface area contributed by atoms with Crippen LogP contribution in [-0.4, -0.2) is 33.3 Å². The van der Waals surface area contributed by atoms with E-state index in [1.165, 1.54) is 30.6 Å². The Kier molecular flexibility index (Phi) is 7.90. The third kappa shape index (κ3) is 5.35. The summed E-state index contributed by atoms with van der Waals surface area (Å²) in [5, 5.41) is 29.5. The third-order valence-electron chi connectivity index (χ3n) is 8.61. The highest BCUT2D eigenvalue weighted by Crippen LogP contribution is 2.59. The first kappa shape index (κ1) is 24.8. The van der Waals surface area contributed by atoms with Crippen molar-refractivity contribution < 1.29 is 15.3 Å². The van der Waals surface area contributed by atoms with E-state index in [9.17, 15) is 15.3 Å². The Morgan fingerprint density at radius 1 is 1.18 bits per heavy atom. The first-order valence-electron chi connectivity index (χ1n) is 12.6. The van der Waals surface area contributed by atoms with Crippen molar-refractivity contribution in [2.45, 2.75) is 82.5 Å². The van der Waals surface area contributed by atoms with Crippen LogP contribution in [0.3, 0.4) is 0 Å². The maximum absolute atomic E-state index is 10.2. The molecular formula is C29H40O3S. The molecule has 0 bridgehead atoms. The lowest BCUT2D eigenvalue weighted by Crippen LogP contribution is -2.36. The van der Waals surface area contributed by atoms with E-state index in [2.05, 4.69) is 44.7 Å². The van der Waals surface area contributed by atoms with Gasteiger partial charge in [-0.2, -0.15) is 0 Å². The molecule has 33 heavy (non-hydrogen) atoms. The molecule has 4 rings (SSSR count). The molecule has 3 aliphatic rings. The lowest BCUT2D eigenvalue weighted by Gasteiger charge is -2.44. The SMILES string of the molecule is C=C1/C(=C\C=C2/CCC[C@@]3(C)C2CCC3[C@@H](C)CSc2ccc(CO)cc2)C[C@@H](O)C[C@@H]1O. The first-order chi connectivity index (χ1) is 15.8. The van der Waals surface area contributed by atoms with Crippen LogP contribution in [0.4, 0.5) is 0 Å². The highest BCUT2D eigenvalue weighted by molar-refractivity contribution is 7.99. The van der Waals surface area contributed by atoms with Gasteiger partial charge in [-0.25, -0.2) is 0 Å². The number of allylic oxidation sites excluding steroid dienone is 3. The molecule has 2 unspecified atom stereocenters. The average molecular weight is 469 g/mol. The van der Waals surface area contributed by atoms with Gasteiger partial charge in [-0.15, -0.1) is 11.8 Å². The van der Waals surface area contributed by atoms with Crippen LogP contribution in [0.1, 0.15) is 64.4 Å². The van der Waals surface area contributed by atoms with Crippen LogP contribution in [0.25, 0.3) is 0 Å². The summed E-state index contributed by atoms with van der Waals surface area (Å²) in [5.74, 6) is 3.15. The van der Waals surface area contributed by atoms with Crippen molar-refractivity contribution in [1.29, 1.82) is 0 Å². The van der Waals surface area contributed by atoms with Crippen molar-refractivity contribution in [2.75, 3.05) is 5.75 Å². The molecule has 1 aromatic rings. The summed E-state index contributed by atoms with van der Waals surface area (Å²) in [6.45, 7) is 9.13. The molecule has 3 nitrogen and oxygen atoms in total. The number of benzene rings is 1.